The molecule has 6 heteroatoms. The van der Waals surface area contributed by atoms with Gasteiger partial charge in [-0.15, -0.1) is 0 Å². The van der Waals surface area contributed by atoms with Crippen molar-refractivity contribution in [2.75, 3.05) is 23.9 Å². The van der Waals surface area contributed by atoms with Gasteiger partial charge in [0.25, 0.3) is 5.91 Å². The predicted octanol–water partition coefficient (Wildman–Crippen LogP) is 4.01. The molecular weight excluding hydrogens is 368 g/mol. The van der Waals surface area contributed by atoms with E-state index in [9.17, 15) is 14.4 Å². The zero-order valence-corrected chi connectivity index (χ0v) is 16.3. The van der Waals surface area contributed by atoms with E-state index in [4.69, 9.17) is 0 Å². The molecule has 3 rings (SSSR count). The summed E-state index contributed by atoms with van der Waals surface area (Å²) in [5.74, 6) is -1.21. The first-order valence-corrected chi connectivity index (χ1v) is 9.30. The number of carbonyl (C=O) groups is 3. The van der Waals surface area contributed by atoms with Gasteiger partial charge in [0, 0.05) is 23.2 Å². The first-order valence-electron chi connectivity index (χ1n) is 9.30. The lowest BCUT2D eigenvalue weighted by Crippen LogP contribution is -2.30. The standard InChI is InChI=1S/C23H22N2O4/c1-3-25(20-10-6-8-16-7-4-5-9-19(16)20)23(28)17-11-13-18(14-12-17)24-21(26)15-22(27)29-2/h4-14H,3,15H2,1-2H3,(H,24,26). The number of anilines is 2. The predicted molar refractivity (Wildman–Crippen MR) is 113 cm³/mol. The average molecular weight is 390 g/mol. The number of fused-ring (bicyclic) bond motifs is 1. The van der Waals surface area contributed by atoms with Gasteiger partial charge < -0.3 is 15.0 Å². The smallest absolute Gasteiger partial charge is 0.315 e. The lowest BCUT2D eigenvalue weighted by molar-refractivity contribution is -0.142. The first-order chi connectivity index (χ1) is 14.0. The van der Waals surface area contributed by atoms with Crippen LogP contribution >= 0.6 is 0 Å². The second-order valence-electron chi connectivity index (χ2n) is 6.43. The summed E-state index contributed by atoms with van der Waals surface area (Å²) < 4.78 is 4.47. The van der Waals surface area contributed by atoms with Crippen LogP contribution in [-0.2, 0) is 14.3 Å². The van der Waals surface area contributed by atoms with E-state index >= 15 is 0 Å². The molecule has 0 aliphatic carbocycles. The Balaban J connectivity index is 1.80. The van der Waals surface area contributed by atoms with Gasteiger partial charge in [-0.1, -0.05) is 36.4 Å². The molecule has 0 atom stereocenters. The topological polar surface area (TPSA) is 75.7 Å². The Morgan fingerprint density at radius 2 is 1.62 bits per heavy atom. The van der Waals surface area contributed by atoms with Crippen LogP contribution in [0, 0.1) is 0 Å². The molecule has 3 aromatic carbocycles. The SMILES string of the molecule is CCN(C(=O)c1ccc(NC(=O)CC(=O)OC)cc1)c1cccc2ccccc12. The van der Waals surface area contributed by atoms with E-state index in [1.165, 1.54) is 7.11 Å². The van der Waals surface area contributed by atoms with Crippen LogP contribution < -0.4 is 10.2 Å². The minimum Gasteiger partial charge on any atom is -0.469 e. The van der Waals surface area contributed by atoms with Crippen LogP contribution in [-0.4, -0.2) is 31.4 Å². The number of nitrogens with zero attached hydrogens (tertiary/aromatic N) is 1. The van der Waals surface area contributed by atoms with Gasteiger partial charge in [-0.3, -0.25) is 14.4 Å². The van der Waals surface area contributed by atoms with E-state index in [1.807, 2.05) is 49.4 Å². The summed E-state index contributed by atoms with van der Waals surface area (Å²) in [4.78, 5) is 37.8. The van der Waals surface area contributed by atoms with Crippen molar-refractivity contribution in [3.05, 3.63) is 72.3 Å². The van der Waals surface area contributed by atoms with Gasteiger partial charge in [-0.2, -0.15) is 0 Å². The number of amides is 2. The van der Waals surface area contributed by atoms with E-state index in [0.29, 0.717) is 17.8 Å². The Morgan fingerprint density at radius 3 is 2.31 bits per heavy atom. The van der Waals surface area contributed by atoms with Crippen LogP contribution in [0.5, 0.6) is 0 Å². The van der Waals surface area contributed by atoms with Crippen molar-refractivity contribution >= 4 is 39.9 Å². The molecule has 0 unspecified atom stereocenters. The highest BCUT2D eigenvalue weighted by molar-refractivity contribution is 6.11. The average Bonchev–Trinajstić information content (AvgIpc) is 2.74. The van der Waals surface area contributed by atoms with Crippen molar-refractivity contribution in [1.82, 2.24) is 0 Å². The van der Waals surface area contributed by atoms with Gasteiger partial charge in [-0.05, 0) is 42.6 Å². The van der Waals surface area contributed by atoms with E-state index in [-0.39, 0.29) is 12.3 Å². The number of ether oxygens (including phenoxy) is 1. The van der Waals surface area contributed by atoms with Crippen LogP contribution in [0.15, 0.2) is 66.7 Å². The maximum absolute atomic E-state index is 13.1. The minimum atomic E-state index is -0.608. The molecular formula is C23H22N2O4. The Kier molecular flexibility index (Phi) is 6.24. The van der Waals surface area contributed by atoms with Gasteiger partial charge in [0.1, 0.15) is 6.42 Å². The van der Waals surface area contributed by atoms with E-state index in [2.05, 4.69) is 10.1 Å². The quantitative estimate of drug-likeness (QED) is 0.510. The number of nitrogens with one attached hydrogen (secondary N) is 1. The molecule has 0 radical (unpaired) electrons. The summed E-state index contributed by atoms with van der Waals surface area (Å²) in [6, 6.07) is 20.4. The molecule has 0 saturated carbocycles. The third kappa shape index (κ3) is 4.60. The molecule has 3 aromatic rings. The Labute approximate surface area is 169 Å². The second kappa shape index (κ2) is 9.01. The lowest BCUT2D eigenvalue weighted by Gasteiger charge is -2.23. The molecule has 6 nitrogen and oxygen atoms in total. The van der Waals surface area contributed by atoms with Crippen LogP contribution in [0.1, 0.15) is 23.7 Å². The summed E-state index contributed by atoms with van der Waals surface area (Å²) in [7, 11) is 1.23. The summed E-state index contributed by atoms with van der Waals surface area (Å²) in [5, 5.41) is 4.69. The van der Waals surface area contributed by atoms with E-state index in [0.717, 1.165) is 16.5 Å². The summed E-state index contributed by atoms with van der Waals surface area (Å²) in [6.07, 6.45) is -0.359. The molecule has 1 N–H and O–H groups in total. The maximum atomic E-state index is 13.1. The monoisotopic (exact) mass is 390 g/mol. The van der Waals surface area contributed by atoms with Gasteiger partial charge in [0.15, 0.2) is 0 Å². The molecule has 0 saturated heterocycles. The Morgan fingerprint density at radius 1 is 0.931 bits per heavy atom. The third-order valence-electron chi connectivity index (χ3n) is 4.57. The molecule has 0 bridgehead atoms. The minimum absolute atomic E-state index is 0.128. The summed E-state index contributed by atoms with van der Waals surface area (Å²) in [6.45, 7) is 2.45. The fourth-order valence-electron chi connectivity index (χ4n) is 3.13. The third-order valence-corrected chi connectivity index (χ3v) is 4.57. The van der Waals surface area contributed by atoms with Crippen LogP contribution in [0.25, 0.3) is 10.8 Å². The molecule has 0 aliphatic heterocycles. The van der Waals surface area contributed by atoms with Crippen molar-refractivity contribution in [2.45, 2.75) is 13.3 Å². The number of esters is 1. The van der Waals surface area contributed by atoms with Crippen LogP contribution in [0.2, 0.25) is 0 Å². The number of benzene rings is 3. The molecule has 2 amide bonds. The fraction of sp³-hybridized carbons (Fsp3) is 0.174. The summed E-state index contributed by atoms with van der Waals surface area (Å²) >= 11 is 0. The Hall–Kier alpha value is -3.67. The largest absolute Gasteiger partial charge is 0.469 e. The van der Waals surface area contributed by atoms with E-state index in [1.54, 1.807) is 29.2 Å². The van der Waals surface area contributed by atoms with Crippen molar-refractivity contribution in [1.29, 1.82) is 0 Å². The zero-order chi connectivity index (χ0) is 20.8. The number of hydrogen-bond acceptors (Lipinski definition) is 4. The maximum Gasteiger partial charge on any atom is 0.315 e. The molecule has 0 aliphatic rings. The molecule has 0 spiro atoms. The summed E-state index contributed by atoms with van der Waals surface area (Å²) in [5.41, 5.74) is 1.86. The zero-order valence-electron chi connectivity index (χ0n) is 16.3. The van der Waals surface area contributed by atoms with Gasteiger partial charge in [-0.25, -0.2) is 0 Å². The number of hydrogen-bond donors (Lipinski definition) is 1. The number of rotatable bonds is 6. The van der Waals surface area contributed by atoms with Crippen LogP contribution in [0.3, 0.4) is 0 Å². The highest BCUT2D eigenvalue weighted by atomic mass is 16.5. The van der Waals surface area contributed by atoms with Crippen molar-refractivity contribution in [3.8, 4) is 0 Å². The molecule has 0 aromatic heterocycles. The normalized spacial score (nSPS) is 10.4. The molecule has 148 valence electrons. The highest BCUT2D eigenvalue weighted by Gasteiger charge is 2.18. The second-order valence-corrected chi connectivity index (χ2v) is 6.43. The first kappa shape index (κ1) is 20.1. The number of methoxy groups -OCH3 is 1. The van der Waals surface area contributed by atoms with Crippen molar-refractivity contribution in [3.63, 3.8) is 0 Å². The van der Waals surface area contributed by atoms with Gasteiger partial charge >= 0.3 is 5.97 Å². The Bertz CT molecular complexity index is 1040. The fourth-order valence-corrected chi connectivity index (χ4v) is 3.13. The molecule has 29 heavy (non-hydrogen) atoms. The van der Waals surface area contributed by atoms with E-state index < -0.39 is 11.9 Å². The van der Waals surface area contributed by atoms with Gasteiger partial charge in [0.05, 0.1) is 12.8 Å². The molecule has 0 heterocycles. The molecule has 0 fully saturated rings. The van der Waals surface area contributed by atoms with Gasteiger partial charge in [0.2, 0.25) is 5.91 Å². The van der Waals surface area contributed by atoms with Crippen LogP contribution in [0.4, 0.5) is 11.4 Å². The van der Waals surface area contributed by atoms with Crippen molar-refractivity contribution < 1.29 is 19.1 Å². The lowest BCUT2D eigenvalue weighted by atomic mass is 10.1. The van der Waals surface area contributed by atoms with Crippen molar-refractivity contribution in [2.24, 2.45) is 0 Å². The number of carbonyl (C=O) groups excluding carboxylic acids is 3. The highest BCUT2D eigenvalue weighted by Crippen LogP contribution is 2.28.